The Morgan fingerprint density at radius 1 is 1.60 bits per heavy atom. The van der Waals surface area contributed by atoms with Gasteiger partial charge in [0.2, 0.25) is 0 Å². The minimum absolute atomic E-state index is 0.262. The molecule has 1 aliphatic heterocycles. The highest BCUT2D eigenvalue weighted by atomic mass is 16.5. The molecule has 0 aromatic heterocycles. The number of ether oxygens (including phenoxy) is 1. The van der Waals surface area contributed by atoms with Gasteiger partial charge in [-0.3, -0.25) is 4.99 Å². The van der Waals surface area contributed by atoms with E-state index in [4.69, 9.17) is 10.5 Å². The number of hydrogen-bond donors (Lipinski definition) is 1. The van der Waals surface area contributed by atoms with Crippen molar-refractivity contribution in [1.82, 2.24) is 4.90 Å². The SMILES string of the molecule is CCOC1CCCN(C(N)=NC(C)C)C1. The second-order valence-corrected chi connectivity index (χ2v) is 4.25. The van der Waals surface area contributed by atoms with Crippen molar-refractivity contribution in [3.05, 3.63) is 0 Å². The molecule has 0 aromatic carbocycles. The Morgan fingerprint density at radius 3 is 2.93 bits per heavy atom. The molecule has 1 saturated heterocycles. The lowest BCUT2D eigenvalue weighted by Crippen LogP contribution is -2.47. The van der Waals surface area contributed by atoms with Gasteiger partial charge >= 0.3 is 0 Å². The molecule has 1 rings (SSSR count). The van der Waals surface area contributed by atoms with E-state index in [-0.39, 0.29) is 6.04 Å². The Balaban J connectivity index is 2.48. The van der Waals surface area contributed by atoms with Gasteiger partial charge in [-0.2, -0.15) is 0 Å². The fourth-order valence-electron chi connectivity index (χ4n) is 1.86. The number of rotatable bonds is 3. The Hall–Kier alpha value is -0.770. The summed E-state index contributed by atoms with van der Waals surface area (Å²) in [4.78, 5) is 6.49. The molecule has 1 aliphatic rings. The van der Waals surface area contributed by atoms with Crippen LogP contribution >= 0.6 is 0 Å². The third kappa shape index (κ3) is 4.08. The normalized spacial score (nSPS) is 23.6. The van der Waals surface area contributed by atoms with Gasteiger partial charge in [0, 0.05) is 25.7 Å². The van der Waals surface area contributed by atoms with Crippen molar-refractivity contribution < 1.29 is 4.74 Å². The Labute approximate surface area is 92.5 Å². The van der Waals surface area contributed by atoms with Crippen molar-refractivity contribution in [2.75, 3.05) is 19.7 Å². The fourth-order valence-corrected chi connectivity index (χ4v) is 1.86. The van der Waals surface area contributed by atoms with Gasteiger partial charge in [-0.15, -0.1) is 0 Å². The van der Waals surface area contributed by atoms with Crippen LogP contribution in [0.15, 0.2) is 4.99 Å². The lowest BCUT2D eigenvalue weighted by atomic mass is 10.1. The number of guanidine groups is 1. The van der Waals surface area contributed by atoms with Crippen molar-refractivity contribution in [2.24, 2.45) is 10.7 Å². The topological polar surface area (TPSA) is 50.9 Å². The van der Waals surface area contributed by atoms with Crippen LogP contribution in [0.25, 0.3) is 0 Å². The number of aliphatic imine (C=N–C) groups is 1. The van der Waals surface area contributed by atoms with Crippen LogP contribution in [0.1, 0.15) is 33.6 Å². The first-order chi connectivity index (χ1) is 7.13. The maximum atomic E-state index is 5.93. The highest BCUT2D eigenvalue weighted by molar-refractivity contribution is 5.78. The first-order valence-electron chi connectivity index (χ1n) is 5.83. The third-order valence-electron chi connectivity index (χ3n) is 2.49. The molecule has 4 nitrogen and oxygen atoms in total. The molecule has 15 heavy (non-hydrogen) atoms. The maximum absolute atomic E-state index is 5.93. The second kappa shape index (κ2) is 5.95. The summed E-state index contributed by atoms with van der Waals surface area (Å²) < 4.78 is 5.62. The summed E-state index contributed by atoms with van der Waals surface area (Å²) in [7, 11) is 0. The van der Waals surface area contributed by atoms with Crippen molar-refractivity contribution >= 4 is 5.96 Å². The van der Waals surface area contributed by atoms with Crippen LogP contribution < -0.4 is 5.73 Å². The van der Waals surface area contributed by atoms with E-state index in [0.29, 0.717) is 12.1 Å². The van der Waals surface area contributed by atoms with Crippen LogP contribution in [0.5, 0.6) is 0 Å². The molecule has 4 heteroatoms. The van der Waals surface area contributed by atoms with E-state index in [1.54, 1.807) is 0 Å². The zero-order valence-electron chi connectivity index (χ0n) is 10.1. The van der Waals surface area contributed by atoms with Gasteiger partial charge in [0.25, 0.3) is 0 Å². The van der Waals surface area contributed by atoms with Crippen LogP contribution in [0, 0.1) is 0 Å². The predicted molar refractivity (Wildman–Crippen MR) is 63.0 cm³/mol. The van der Waals surface area contributed by atoms with Crippen LogP contribution in [0.2, 0.25) is 0 Å². The van der Waals surface area contributed by atoms with E-state index >= 15 is 0 Å². The van der Waals surface area contributed by atoms with Crippen LogP contribution in [-0.4, -0.2) is 42.7 Å². The molecule has 88 valence electrons. The molecule has 0 spiro atoms. The van der Waals surface area contributed by atoms with Crippen molar-refractivity contribution in [3.8, 4) is 0 Å². The number of likely N-dealkylation sites (tertiary alicyclic amines) is 1. The lowest BCUT2D eigenvalue weighted by molar-refractivity contribution is 0.0232. The summed E-state index contributed by atoms with van der Waals surface area (Å²) in [6, 6.07) is 0.262. The van der Waals surface area contributed by atoms with Gasteiger partial charge in [0.1, 0.15) is 0 Å². The van der Waals surface area contributed by atoms with Gasteiger partial charge in [-0.1, -0.05) is 0 Å². The van der Waals surface area contributed by atoms with Crippen LogP contribution in [-0.2, 0) is 4.74 Å². The summed E-state index contributed by atoms with van der Waals surface area (Å²) in [5.41, 5.74) is 5.93. The number of hydrogen-bond acceptors (Lipinski definition) is 2. The zero-order chi connectivity index (χ0) is 11.3. The van der Waals surface area contributed by atoms with E-state index in [1.807, 2.05) is 20.8 Å². The maximum Gasteiger partial charge on any atom is 0.191 e. The van der Waals surface area contributed by atoms with Gasteiger partial charge in [-0.25, -0.2) is 0 Å². The molecule has 0 radical (unpaired) electrons. The predicted octanol–water partition coefficient (Wildman–Crippen LogP) is 1.21. The van der Waals surface area contributed by atoms with E-state index in [0.717, 1.165) is 32.5 Å². The molecule has 0 saturated carbocycles. The molecular weight excluding hydrogens is 190 g/mol. The quantitative estimate of drug-likeness (QED) is 0.566. The molecule has 1 atom stereocenters. The van der Waals surface area contributed by atoms with Crippen LogP contribution in [0.4, 0.5) is 0 Å². The zero-order valence-corrected chi connectivity index (χ0v) is 10.1. The Morgan fingerprint density at radius 2 is 2.33 bits per heavy atom. The summed E-state index contributed by atoms with van der Waals surface area (Å²) in [5, 5.41) is 0. The van der Waals surface area contributed by atoms with Crippen LogP contribution in [0.3, 0.4) is 0 Å². The molecule has 0 bridgehead atoms. The van der Waals surface area contributed by atoms with Gasteiger partial charge in [0.05, 0.1) is 6.10 Å². The molecular formula is C11H23N3O. The standard InChI is InChI=1S/C11H23N3O/c1-4-15-10-6-5-7-14(8-10)11(12)13-9(2)3/h9-10H,4-8H2,1-3H3,(H2,12,13). The fraction of sp³-hybridized carbons (Fsp3) is 0.909. The van der Waals surface area contributed by atoms with Gasteiger partial charge in [0.15, 0.2) is 5.96 Å². The molecule has 0 aromatic rings. The average molecular weight is 213 g/mol. The monoisotopic (exact) mass is 213 g/mol. The van der Waals surface area contributed by atoms with E-state index < -0.39 is 0 Å². The number of nitrogens with zero attached hydrogens (tertiary/aromatic N) is 2. The average Bonchev–Trinajstić information content (AvgIpc) is 2.17. The number of piperidine rings is 1. The van der Waals surface area contributed by atoms with Gasteiger partial charge < -0.3 is 15.4 Å². The van der Waals surface area contributed by atoms with Gasteiger partial charge in [-0.05, 0) is 33.6 Å². The van der Waals surface area contributed by atoms with Crippen molar-refractivity contribution in [1.29, 1.82) is 0 Å². The largest absolute Gasteiger partial charge is 0.377 e. The van der Waals surface area contributed by atoms with E-state index in [9.17, 15) is 0 Å². The highest BCUT2D eigenvalue weighted by Crippen LogP contribution is 2.12. The molecule has 1 heterocycles. The molecule has 1 unspecified atom stereocenters. The minimum Gasteiger partial charge on any atom is -0.377 e. The Bertz CT molecular complexity index is 214. The van der Waals surface area contributed by atoms with E-state index in [2.05, 4.69) is 9.89 Å². The summed E-state index contributed by atoms with van der Waals surface area (Å²) in [5.74, 6) is 0.661. The summed E-state index contributed by atoms with van der Waals surface area (Å²) >= 11 is 0. The summed E-state index contributed by atoms with van der Waals surface area (Å²) in [6.45, 7) is 8.78. The second-order valence-electron chi connectivity index (χ2n) is 4.25. The Kier molecular flexibility index (Phi) is 4.88. The first-order valence-corrected chi connectivity index (χ1v) is 5.83. The van der Waals surface area contributed by atoms with Crippen molar-refractivity contribution in [3.63, 3.8) is 0 Å². The molecule has 0 amide bonds. The smallest absolute Gasteiger partial charge is 0.191 e. The van der Waals surface area contributed by atoms with E-state index in [1.165, 1.54) is 0 Å². The lowest BCUT2D eigenvalue weighted by Gasteiger charge is -2.33. The molecule has 2 N–H and O–H groups in total. The number of nitrogens with two attached hydrogens (primary N) is 1. The first kappa shape index (κ1) is 12.3. The molecule has 1 fully saturated rings. The highest BCUT2D eigenvalue weighted by Gasteiger charge is 2.21. The minimum atomic E-state index is 0.262. The van der Waals surface area contributed by atoms with Crippen molar-refractivity contribution in [2.45, 2.75) is 45.8 Å². The summed E-state index contributed by atoms with van der Waals surface area (Å²) in [6.07, 6.45) is 2.60. The third-order valence-corrected chi connectivity index (χ3v) is 2.49. The molecule has 0 aliphatic carbocycles.